The Morgan fingerprint density at radius 3 is 2.14 bits per heavy atom. The standard InChI is InChI=1S/C14H14Cl2N4O/c1-8(2)14(21)18-12-7-6-11(19-20-12)17-13-9(15)4-3-5-10(13)16/h3-8H,1-2H3,(H,17,19)(H,18,20,21). The molecule has 0 unspecified atom stereocenters. The van der Waals surface area contributed by atoms with E-state index in [0.29, 0.717) is 27.4 Å². The molecule has 2 N–H and O–H groups in total. The second-order valence-corrected chi connectivity index (χ2v) is 5.48. The number of rotatable bonds is 4. The van der Waals surface area contributed by atoms with Gasteiger partial charge in [-0.05, 0) is 24.3 Å². The van der Waals surface area contributed by atoms with Gasteiger partial charge in [-0.15, -0.1) is 10.2 Å². The molecule has 1 amide bonds. The average molecular weight is 325 g/mol. The van der Waals surface area contributed by atoms with Crippen LogP contribution < -0.4 is 10.6 Å². The first-order chi connectivity index (χ1) is 9.97. The third kappa shape index (κ3) is 4.06. The van der Waals surface area contributed by atoms with Gasteiger partial charge in [-0.1, -0.05) is 43.1 Å². The van der Waals surface area contributed by atoms with E-state index < -0.39 is 0 Å². The molecule has 0 aliphatic rings. The summed E-state index contributed by atoms with van der Waals surface area (Å²) >= 11 is 12.1. The summed E-state index contributed by atoms with van der Waals surface area (Å²) in [6, 6.07) is 8.54. The largest absolute Gasteiger partial charge is 0.336 e. The lowest BCUT2D eigenvalue weighted by molar-refractivity contribution is -0.118. The van der Waals surface area contributed by atoms with Gasteiger partial charge in [0.1, 0.15) is 0 Å². The Morgan fingerprint density at radius 2 is 1.62 bits per heavy atom. The van der Waals surface area contributed by atoms with Crippen LogP contribution in [0.4, 0.5) is 17.3 Å². The molecule has 7 heteroatoms. The topological polar surface area (TPSA) is 66.9 Å². The predicted octanol–water partition coefficient (Wildman–Crippen LogP) is 4.12. The number of amides is 1. The molecular weight excluding hydrogens is 311 g/mol. The minimum Gasteiger partial charge on any atom is -0.336 e. The molecule has 0 aliphatic heterocycles. The molecule has 1 heterocycles. The number of carbonyl (C=O) groups is 1. The Bertz CT molecular complexity index is 624. The number of hydrogen-bond acceptors (Lipinski definition) is 4. The van der Waals surface area contributed by atoms with Gasteiger partial charge in [0.15, 0.2) is 11.6 Å². The van der Waals surface area contributed by atoms with Gasteiger partial charge in [-0.2, -0.15) is 0 Å². The smallest absolute Gasteiger partial charge is 0.228 e. The highest BCUT2D eigenvalue weighted by Crippen LogP contribution is 2.31. The summed E-state index contributed by atoms with van der Waals surface area (Å²) in [5, 5.41) is 14.5. The summed E-state index contributed by atoms with van der Waals surface area (Å²) in [6.07, 6.45) is 0. The lowest BCUT2D eigenvalue weighted by atomic mass is 10.2. The molecule has 0 spiro atoms. The highest BCUT2D eigenvalue weighted by molar-refractivity contribution is 6.39. The SMILES string of the molecule is CC(C)C(=O)Nc1ccc(Nc2c(Cl)cccc2Cl)nn1. The molecule has 0 saturated carbocycles. The Balaban J connectivity index is 2.11. The Labute approximate surface area is 132 Å². The average Bonchev–Trinajstić information content (AvgIpc) is 2.44. The molecule has 110 valence electrons. The first-order valence-electron chi connectivity index (χ1n) is 6.33. The fraction of sp³-hybridized carbons (Fsp3) is 0.214. The third-order valence-corrected chi connectivity index (χ3v) is 3.29. The monoisotopic (exact) mass is 324 g/mol. The number of carbonyl (C=O) groups excluding carboxylic acids is 1. The zero-order valence-electron chi connectivity index (χ0n) is 11.5. The van der Waals surface area contributed by atoms with Crippen molar-refractivity contribution < 1.29 is 4.79 Å². The van der Waals surface area contributed by atoms with Crippen LogP contribution in [0.25, 0.3) is 0 Å². The molecule has 1 aromatic heterocycles. The molecular formula is C14H14Cl2N4O. The van der Waals surface area contributed by atoms with E-state index in [1.165, 1.54) is 0 Å². The molecule has 0 radical (unpaired) electrons. The normalized spacial score (nSPS) is 10.5. The Morgan fingerprint density at radius 1 is 1.05 bits per heavy atom. The van der Waals surface area contributed by atoms with Crippen molar-refractivity contribution in [2.24, 2.45) is 5.92 Å². The first kappa shape index (κ1) is 15.5. The van der Waals surface area contributed by atoms with Gasteiger partial charge in [-0.25, -0.2) is 0 Å². The van der Waals surface area contributed by atoms with Crippen LogP contribution in [-0.2, 0) is 4.79 Å². The van der Waals surface area contributed by atoms with Crippen molar-refractivity contribution in [1.29, 1.82) is 0 Å². The van der Waals surface area contributed by atoms with Crippen LogP contribution in [0.15, 0.2) is 30.3 Å². The maximum absolute atomic E-state index is 11.5. The predicted molar refractivity (Wildman–Crippen MR) is 85.2 cm³/mol. The van der Waals surface area contributed by atoms with Crippen molar-refractivity contribution >= 4 is 46.4 Å². The van der Waals surface area contributed by atoms with Crippen molar-refractivity contribution in [3.8, 4) is 0 Å². The molecule has 2 rings (SSSR count). The summed E-state index contributed by atoms with van der Waals surface area (Å²) in [5.74, 6) is 0.641. The molecule has 21 heavy (non-hydrogen) atoms. The van der Waals surface area contributed by atoms with E-state index in [1.54, 1.807) is 44.2 Å². The van der Waals surface area contributed by atoms with Crippen LogP contribution in [0.5, 0.6) is 0 Å². The number of aromatic nitrogens is 2. The lowest BCUT2D eigenvalue weighted by Crippen LogP contribution is -2.18. The van der Waals surface area contributed by atoms with Gasteiger partial charge < -0.3 is 10.6 Å². The summed E-state index contributed by atoms with van der Waals surface area (Å²) in [4.78, 5) is 11.5. The Kier molecular flexibility index (Phi) is 4.98. The van der Waals surface area contributed by atoms with Gasteiger partial charge in [0.05, 0.1) is 15.7 Å². The minimum atomic E-state index is -0.119. The molecule has 0 saturated heterocycles. The van der Waals surface area contributed by atoms with Crippen LogP contribution in [0.1, 0.15) is 13.8 Å². The van der Waals surface area contributed by atoms with E-state index in [-0.39, 0.29) is 11.8 Å². The molecule has 2 aromatic rings. The third-order valence-electron chi connectivity index (χ3n) is 2.66. The number of nitrogens with one attached hydrogen (secondary N) is 2. The van der Waals surface area contributed by atoms with Crippen molar-refractivity contribution in [3.05, 3.63) is 40.4 Å². The fourth-order valence-corrected chi connectivity index (χ4v) is 1.97. The van der Waals surface area contributed by atoms with Crippen LogP contribution in [-0.4, -0.2) is 16.1 Å². The van der Waals surface area contributed by atoms with Gasteiger partial charge in [0.2, 0.25) is 5.91 Å². The Hall–Kier alpha value is -1.85. The summed E-state index contributed by atoms with van der Waals surface area (Å²) in [5.41, 5.74) is 0.564. The lowest BCUT2D eigenvalue weighted by Gasteiger charge is -2.10. The second kappa shape index (κ2) is 6.74. The second-order valence-electron chi connectivity index (χ2n) is 4.67. The molecule has 0 atom stereocenters. The van der Waals surface area contributed by atoms with Crippen LogP contribution >= 0.6 is 23.2 Å². The molecule has 0 fully saturated rings. The highest BCUT2D eigenvalue weighted by Gasteiger charge is 2.09. The zero-order valence-corrected chi connectivity index (χ0v) is 13.0. The van der Waals surface area contributed by atoms with Crippen molar-refractivity contribution in [1.82, 2.24) is 10.2 Å². The van der Waals surface area contributed by atoms with Crippen LogP contribution in [0.2, 0.25) is 10.0 Å². The summed E-state index contributed by atoms with van der Waals surface area (Å²) in [6.45, 7) is 3.61. The summed E-state index contributed by atoms with van der Waals surface area (Å²) < 4.78 is 0. The number of hydrogen-bond donors (Lipinski definition) is 2. The first-order valence-corrected chi connectivity index (χ1v) is 7.08. The number of halogens is 2. The fourth-order valence-electron chi connectivity index (χ4n) is 1.48. The van der Waals surface area contributed by atoms with Crippen LogP contribution in [0.3, 0.4) is 0 Å². The van der Waals surface area contributed by atoms with E-state index >= 15 is 0 Å². The molecule has 0 bridgehead atoms. The van der Waals surface area contributed by atoms with Gasteiger partial charge in [0, 0.05) is 5.92 Å². The van der Waals surface area contributed by atoms with E-state index in [2.05, 4.69) is 20.8 Å². The number of anilines is 3. The van der Waals surface area contributed by atoms with Gasteiger partial charge in [0.25, 0.3) is 0 Å². The number of nitrogens with zero attached hydrogens (tertiary/aromatic N) is 2. The van der Waals surface area contributed by atoms with E-state index in [0.717, 1.165) is 0 Å². The van der Waals surface area contributed by atoms with E-state index in [4.69, 9.17) is 23.2 Å². The molecule has 0 aliphatic carbocycles. The van der Waals surface area contributed by atoms with E-state index in [9.17, 15) is 4.79 Å². The van der Waals surface area contributed by atoms with Crippen molar-refractivity contribution in [2.45, 2.75) is 13.8 Å². The van der Waals surface area contributed by atoms with Gasteiger partial charge >= 0.3 is 0 Å². The maximum atomic E-state index is 11.5. The molecule has 1 aromatic carbocycles. The summed E-state index contributed by atoms with van der Waals surface area (Å²) in [7, 11) is 0. The van der Waals surface area contributed by atoms with Gasteiger partial charge in [-0.3, -0.25) is 4.79 Å². The highest BCUT2D eigenvalue weighted by atomic mass is 35.5. The zero-order chi connectivity index (χ0) is 15.4. The quantitative estimate of drug-likeness (QED) is 0.887. The van der Waals surface area contributed by atoms with Crippen LogP contribution in [0, 0.1) is 5.92 Å². The minimum absolute atomic E-state index is 0.112. The van der Waals surface area contributed by atoms with Crippen molar-refractivity contribution in [3.63, 3.8) is 0 Å². The van der Waals surface area contributed by atoms with Crippen molar-refractivity contribution in [2.75, 3.05) is 10.6 Å². The van der Waals surface area contributed by atoms with E-state index in [1.807, 2.05) is 0 Å². The maximum Gasteiger partial charge on any atom is 0.228 e. The molecule has 5 nitrogen and oxygen atoms in total. The number of para-hydroxylation sites is 1. The number of benzene rings is 1.